The summed E-state index contributed by atoms with van der Waals surface area (Å²) in [5.41, 5.74) is 0.163. The topological polar surface area (TPSA) is 29.1 Å². The van der Waals surface area contributed by atoms with Gasteiger partial charge in [0.15, 0.2) is 0 Å². The predicted octanol–water partition coefficient (Wildman–Crippen LogP) is 3.88. The smallest absolute Gasteiger partial charge is 0.230 e. The van der Waals surface area contributed by atoms with Crippen LogP contribution < -0.4 is 5.32 Å². The molecule has 2 nitrogen and oxygen atoms in total. The Balaban J connectivity index is 2.94. The number of benzene rings is 1. The van der Waals surface area contributed by atoms with Gasteiger partial charge in [-0.3, -0.25) is 4.79 Å². The maximum absolute atomic E-state index is 12.6. The molecule has 0 atom stereocenters. The number of hydrogen-bond acceptors (Lipinski definition) is 1. The Kier molecular flexibility index (Phi) is 5.42. The van der Waals surface area contributed by atoms with E-state index in [1.807, 2.05) is 44.2 Å². The van der Waals surface area contributed by atoms with Crippen molar-refractivity contribution in [1.29, 1.82) is 0 Å². The summed E-state index contributed by atoms with van der Waals surface area (Å²) >= 11 is 6.05. The molecule has 0 saturated heterocycles. The van der Waals surface area contributed by atoms with Crippen LogP contribution in [0.4, 0.5) is 0 Å². The van der Waals surface area contributed by atoms with E-state index in [4.69, 9.17) is 11.6 Å². The quantitative estimate of drug-likeness (QED) is 0.788. The molecule has 0 heterocycles. The Morgan fingerprint density at radius 2 is 1.68 bits per heavy atom. The van der Waals surface area contributed by atoms with Gasteiger partial charge in [0.25, 0.3) is 0 Å². The minimum Gasteiger partial charge on any atom is -0.349 e. The molecule has 3 heteroatoms. The van der Waals surface area contributed by atoms with Crippen LogP contribution in [0.3, 0.4) is 0 Å². The van der Waals surface area contributed by atoms with E-state index in [0.717, 1.165) is 18.4 Å². The zero-order chi connectivity index (χ0) is 14.5. The van der Waals surface area contributed by atoms with E-state index in [2.05, 4.69) is 19.2 Å². The summed E-state index contributed by atoms with van der Waals surface area (Å²) < 4.78 is 0. The van der Waals surface area contributed by atoms with Crippen molar-refractivity contribution in [2.24, 2.45) is 0 Å². The highest BCUT2D eigenvalue weighted by Gasteiger charge is 2.35. The molecule has 0 unspecified atom stereocenters. The van der Waals surface area contributed by atoms with Crippen LogP contribution in [0.5, 0.6) is 0 Å². The van der Waals surface area contributed by atoms with Gasteiger partial charge >= 0.3 is 0 Å². The van der Waals surface area contributed by atoms with Crippen LogP contribution in [0.1, 0.15) is 46.1 Å². The van der Waals surface area contributed by atoms with Gasteiger partial charge in [0, 0.05) is 5.88 Å². The Hall–Kier alpha value is -1.02. The number of rotatable bonds is 6. The third-order valence-electron chi connectivity index (χ3n) is 4.05. The summed E-state index contributed by atoms with van der Waals surface area (Å²) in [6.45, 7) is 8.01. The Morgan fingerprint density at radius 3 is 2.11 bits per heavy atom. The van der Waals surface area contributed by atoms with Crippen molar-refractivity contribution in [2.75, 3.05) is 5.88 Å². The molecule has 1 amide bonds. The van der Waals surface area contributed by atoms with E-state index < -0.39 is 5.41 Å². The zero-order valence-corrected chi connectivity index (χ0v) is 13.1. The average molecular weight is 282 g/mol. The summed E-state index contributed by atoms with van der Waals surface area (Å²) in [5, 5.41) is 3.15. The lowest BCUT2D eigenvalue weighted by atomic mass is 9.82. The largest absolute Gasteiger partial charge is 0.349 e. The number of hydrogen-bond donors (Lipinski definition) is 1. The molecule has 0 spiro atoms. The standard InChI is InChI=1S/C16H24ClNO/c1-5-16(6-2,12-17)18-14(19)15(3,4)13-10-8-7-9-11-13/h7-11H,5-6,12H2,1-4H3,(H,18,19). The second-order valence-electron chi connectivity index (χ2n) is 5.57. The van der Waals surface area contributed by atoms with Crippen LogP contribution in [0.2, 0.25) is 0 Å². The number of halogens is 1. The lowest BCUT2D eigenvalue weighted by molar-refractivity contribution is -0.127. The van der Waals surface area contributed by atoms with Gasteiger partial charge in [0.05, 0.1) is 11.0 Å². The normalized spacial score (nSPS) is 12.3. The van der Waals surface area contributed by atoms with E-state index >= 15 is 0 Å². The highest BCUT2D eigenvalue weighted by atomic mass is 35.5. The van der Waals surface area contributed by atoms with Gasteiger partial charge in [0.1, 0.15) is 0 Å². The molecule has 0 radical (unpaired) electrons. The molecule has 0 aliphatic heterocycles. The molecule has 0 saturated carbocycles. The molecular formula is C16H24ClNO. The Labute approximate surface area is 121 Å². The van der Waals surface area contributed by atoms with Crippen molar-refractivity contribution in [3.63, 3.8) is 0 Å². The predicted molar refractivity (Wildman–Crippen MR) is 81.6 cm³/mol. The third-order valence-corrected chi connectivity index (χ3v) is 4.56. The van der Waals surface area contributed by atoms with Crippen LogP contribution >= 0.6 is 11.6 Å². The monoisotopic (exact) mass is 281 g/mol. The van der Waals surface area contributed by atoms with Crippen LogP contribution in [-0.2, 0) is 10.2 Å². The van der Waals surface area contributed by atoms with Gasteiger partial charge in [-0.15, -0.1) is 11.6 Å². The lowest BCUT2D eigenvalue weighted by Crippen LogP contribution is -2.54. The summed E-state index contributed by atoms with van der Waals surface area (Å²) in [7, 11) is 0. The van der Waals surface area contributed by atoms with E-state index in [1.165, 1.54) is 0 Å². The van der Waals surface area contributed by atoms with Crippen molar-refractivity contribution in [3.8, 4) is 0 Å². The molecule has 1 rings (SSSR count). The molecule has 0 aliphatic carbocycles. The third kappa shape index (κ3) is 3.50. The first-order valence-corrected chi connectivity index (χ1v) is 7.39. The molecule has 0 aromatic heterocycles. The second-order valence-corrected chi connectivity index (χ2v) is 5.83. The van der Waals surface area contributed by atoms with Crippen molar-refractivity contribution >= 4 is 17.5 Å². The summed E-state index contributed by atoms with van der Waals surface area (Å²) in [6, 6.07) is 9.84. The molecule has 1 aromatic rings. The first kappa shape index (κ1) is 16.0. The number of alkyl halides is 1. The molecular weight excluding hydrogens is 258 g/mol. The molecule has 0 bridgehead atoms. The van der Waals surface area contributed by atoms with Crippen molar-refractivity contribution in [1.82, 2.24) is 5.32 Å². The highest BCUT2D eigenvalue weighted by molar-refractivity contribution is 6.18. The fourth-order valence-electron chi connectivity index (χ4n) is 2.03. The van der Waals surface area contributed by atoms with Crippen LogP contribution in [-0.4, -0.2) is 17.3 Å². The summed E-state index contributed by atoms with van der Waals surface area (Å²) in [5.74, 6) is 0.472. The van der Waals surface area contributed by atoms with E-state index in [9.17, 15) is 4.79 Å². The first-order valence-electron chi connectivity index (χ1n) is 6.86. The van der Waals surface area contributed by atoms with Crippen LogP contribution in [0.25, 0.3) is 0 Å². The zero-order valence-electron chi connectivity index (χ0n) is 12.3. The maximum atomic E-state index is 12.6. The SMILES string of the molecule is CCC(CC)(CCl)NC(=O)C(C)(C)c1ccccc1. The van der Waals surface area contributed by atoms with Crippen LogP contribution in [0.15, 0.2) is 30.3 Å². The van der Waals surface area contributed by atoms with Gasteiger partial charge in [0.2, 0.25) is 5.91 Å². The van der Waals surface area contributed by atoms with Crippen molar-refractivity contribution < 1.29 is 4.79 Å². The highest BCUT2D eigenvalue weighted by Crippen LogP contribution is 2.26. The molecule has 0 fully saturated rings. The first-order chi connectivity index (χ1) is 8.91. The maximum Gasteiger partial charge on any atom is 0.230 e. The molecule has 1 aromatic carbocycles. The van der Waals surface area contributed by atoms with Gasteiger partial charge < -0.3 is 5.32 Å². The fourth-order valence-corrected chi connectivity index (χ4v) is 2.48. The van der Waals surface area contributed by atoms with E-state index in [0.29, 0.717) is 5.88 Å². The molecule has 1 N–H and O–H groups in total. The molecule has 19 heavy (non-hydrogen) atoms. The number of carbonyl (C=O) groups excluding carboxylic acids is 1. The van der Waals surface area contributed by atoms with Gasteiger partial charge in [-0.1, -0.05) is 44.2 Å². The van der Waals surface area contributed by atoms with Gasteiger partial charge in [-0.25, -0.2) is 0 Å². The average Bonchev–Trinajstić information content (AvgIpc) is 2.45. The number of nitrogens with one attached hydrogen (secondary N) is 1. The molecule has 0 aliphatic rings. The number of amides is 1. The molecule has 106 valence electrons. The fraction of sp³-hybridized carbons (Fsp3) is 0.562. The summed E-state index contributed by atoms with van der Waals surface area (Å²) in [4.78, 5) is 12.6. The van der Waals surface area contributed by atoms with Gasteiger partial charge in [-0.05, 0) is 32.3 Å². The van der Waals surface area contributed by atoms with Crippen LogP contribution in [0, 0.1) is 0 Å². The second kappa shape index (κ2) is 6.42. The van der Waals surface area contributed by atoms with Gasteiger partial charge in [-0.2, -0.15) is 0 Å². The summed E-state index contributed by atoms with van der Waals surface area (Å²) in [6.07, 6.45) is 1.67. The van der Waals surface area contributed by atoms with E-state index in [-0.39, 0.29) is 11.4 Å². The number of carbonyl (C=O) groups is 1. The Bertz CT molecular complexity index is 402. The minimum absolute atomic E-state index is 0.0306. The lowest BCUT2D eigenvalue weighted by Gasteiger charge is -2.35. The van der Waals surface area contributed by atoms with E-state index in [1.54, 1.807) is 0 Å². The minimum atomic E-state index is -0.553. The van der Waals surface area contributed by atoms with Crippen molar-refractivity contribution in [3.05, 3.63) is 35.9 Å². The van der Waals surface area contributed by atoms with Crippen molar-refractivity contribution in [2.45, 2.75) is 51.5 Å². The Morgan fingerprint density at radius 1 is 1.16 bits per heavy atom.